The van der Waals surface area contributed by atoms with Crippen LogP contribution < -0.4 is 4.90 Å². The van der Waals surface area contributed by atoms with Gasteiger partial charge in [0.2, 0.25) is 5.91 Å². The van der Waals surface area contributed by atoms with Crippen LogP contribution in [0.4, 0.5) is 19.0 Å². The highest BCUT2D eigenvalue weighted by Crippen LogP contribution is 2.42. The van der Waals surface area contributed by atoms with E-state index < -0.39 is 17.3 Å². The van der Waals surface area contributed by atoms with Gasteiger partial charge in [0.25, 0.3) is 0 Å². The third kappa shape index (κ3) is 6.66. The summed E-state index contributed by atoms with van der Waals surface area (Å²) in [5.41, 5.74) is -0.159. The molecule has 228 valence electrons. The molecule has 0 spiro atoms. The predicted octanol–water partition coefficient (Wildman–Crippen LogP) is 5.49. The van der Waals surface area contributed by atoms with Gasteiger partial charge in [0.05, 0.1) is 17.2 Å². The number of hydrogen-bond acceptors (Lipinski definition) is 7. The molecule has 1 aliphatic carbocycles. The normalized spacial score (nSPS) is 26.5. The molecule has 0 radical (unpaired) electrons. The summed E-state index contributed by atoms with van der Waals surface area (Å²) < 4.78 is 39.6. The van der Waals surface area contributed by atoms with E-state index in [1.807, 2.05) is 21.9 Å². The van der Waals surface area contributed by atoms with Gasteiger partial charge in [0, 0.05) is 56.5 Å². The quantitative estimate of drug-likeness (QED) is 0.404. The van der Waals surface area contributed by atoms with E-state index in [4.69, 9.17) is 0 Å². The second-order valence-corrected chi connectivity index (χ2v) is 12.3. The molecule has 43 heavy (non-hydrogen) atoms. The number of amides is 1. The maximum Gasteiger partial charge on any atom is 0.416 e. The van der Waals surface area contributed by atoms with Crippen molar-refractivity contribution in [2.24, 2.45) is 17.8 Å². The van der Waals surface area contributed by atoms with Crippen molar-refractivity contribution in [2.45, 2.75) is 63.1 Å². The third-order valence-electron chi connectivity index (χ3n) is 9.43. The Hall–Kier alpha value is -3.60. The Morgan fingerprint density at radius 1 is 0.930 bits per heavy atom. The van der Waals surface area contributed by atoms with Gasteiger partial charge in [-0.3, -0.25) is 9.78 Å². The van der Waals surface area contributed by atoms with Gasteiger partial charge < -0.3 is 14.9 Å². The molecule has 2 unspecified atom stereocenters. The van der Waals surface area contributed by atoms with E-state index >= 15 is 0 Å². The first-order valence-corrected chi connectivity index (χ1v) is 15.2. The van der Waals surface area contributed by atoms with Crippen molar-refractivity contribution in [1.29, 1.82) is 0 Å². The lowest BCUT2D eigenvalue weighted by Gasteiger charge is -2.36. The molecule has 0 aromatic carbocycles. The van der Waals surface area contributed by atoms with Crippen molar-refractivity contribution in [3.63, 3.8) is 0 Å². The lowest BCUT2D eigenvalue weighted by molar-refractivity contribution is -0.138. The number of hydrogen-bond donors (Lipinski definition) is 1. The largest absolute Gasteiger partial charge is 0.416 e. The van der Waals surface area contributed by atoms with Gasteiger partial charge in [0.15, 0.2) is 5.82 Å². The molecule has 8 nitrogen and oxygen atoms in total. The number of aliphatic hydroxyl groups is 1. The third-order valence-corrected chi connectivity index (χ3v) is 9.43. The molecule has 2 atom stereocenters. The van der Waals surface area contributed by atoms with Crippen molar-refractivity contribution in [2.75, 3.05) is 31.1 Å². The Morgan fingerprint density at radius 3 is 2.44 bits per heavy atom. The van der Waals surface area contributed by atoms with Gasteiger partial charge in [-0.25, -0.2) is 15.0 Å². The van der Waals surface area contributed by atoms with E-state index in [2.05, 4.69) is 19.9 Å². The van der Waals surface area contributed by atoms with E-state index in [-0.39, 0.29) is 17.6 Å². The number of rotatable bonds is 6. The highest BCUT2D eigenvalue weighted by molar-refractivity contribution is 5.80. The van der Waals surface area contributed by atoms with Crippen LogP contribution in [0.3, 0.4) is 0 Å². The van der Waals surface area contributed by atoms with Crippen LogP contribution in [0.2, 0.25) is 0 Å². The molecule has 3 fully saturated rings. The van der Waals surface area contributed by atoms with Gasteiger partial charge in [-0.15, -0.1) is 0 Å². The lowest BCUT2D eigenvalue weighted by atomic mass is 9.74. The summed E-state index contributed by atoms with van der Waals surface area (Å²) in [6.45, 7) is 2.43. The number of piperidine rings is 1. The maximum atomic E-state index is 13.4. The van der Waals surface area contributed by atoms with Crippen LogP contribution in [-0.4, -0.2) is 62.0 Å². The topological polar surface area (TPSA) is 95.3 Å². The van der Waals surface area contributed by atoms with Gasteiger partial charge >= 0.3 is 6.18 Å². The summed E-state index contributed by atoms with van der Waals surface area (Å²) in [7, 11) is 0. The second kappa shape index (κ2) is 12.2. The minimum atomic E-state index is -4.43. The average molecular weight is 595 g/mol. The van der Waals surface area contributed by atoms with E-state index in [1.165, 1.54) is 6.20 Å². The van der Waals surface area contributed by atoms with E-state index in [0.29, 0.717) is 49.3 Å². The minimum Gasteiger partial charge on any atom is -0.384 e. The average Bonchev–Trinajstić information content (AvgIpc) is 3.50. The molecule has 3 aliphatic rings. The number of nitrogens with zero attached hydrogens (tertiary/aromatic N) is 6. The number of halogens is 3. The van der Waals surface area contributed by atoms with Crippen molar-refractivity contribution in [1.82, 2.24) is 24.8 Å². The SMILES string of the molecule is O=C(C1CCCN(c2cc(C(F)(F)F)ccn2)C1)N1CCC(CC2CCC(O)(c3ccc(-c4ncccn4)cn3)CC2)C1. The summed E-state index contributed by atoms with van der Waals surface area (Å²) >= 11 is 0. The number of carbonyl (C=O) groups is 1. The molecule has 2 aliphatic heterocycles. The number of alkyl halides is 3. The van der Waals surface area contributed by atoms with Crippen LogP contribution in [0.25, 0.3) is 11.4 Å². The number of likely N-dealkylation sites (tertiary alicyclic amines) is 1. The minimum absolute atomic E-state index is 0.104. The molecule has 6 rings (SSSR count). The first kappa shape index (κ1) is 29.5. The zero-order valence-electron chi connectivity index (χ0n) is 24.1. The molecule has 0 bridgehead atoms. The fourth-order valence-corrected chi connectivity index (χ4v) is 7.01. The zero-order chi connectivity index (χ0) is 30.0. The molecule has 1 saturated carbocycles. The van der Waals surface area contributed by atoms with E-state index in [9.17, 15) is 23.1 Å². The Balaban J connectivity index is 0.989. The summed E-state index contributed by atoms with van der Waals surface area (Å²) in [5.74, 6) is 1.67. The van der Waals surface area contributed by atoms with Gasteiger partial charge in [-0.2, -0.15) is 13.2 Å². The Kier molecular flexibility index (Phi) is 8.35. The van der Waals surface area contributed by atoms with Gasteiger partial charge in [0.1, 0.15) is 11.4 Å². The molecule has 11 heteroatoms. The van der Waals surface area contributed by atoms with Crippen LogP contribution in [-0.2, 0) is 16.6 Å². The molecule has 3 aromatic heterocycles. The molecule has 1 N–H and O–H groups in total. The van der Waals surface area contributed by atoms with Crippen LogP contribution in [0.1, 0.15) is 62.6 Å². The Bertz CT molecular complexity index is 1400. The Labute approximate surface area is 249 Å². The van der Waals surface area contributed by atoms with E-state index in [0.717, 1.165) is 69.3 Å². The predicted molar refractivity (Wildman–Crippen MR) is 155 cm³/mol. The smallest absolute Gasteiger partial charge is 0.384 e. The van der Waals surface area contributed by atoms with Crippen LogP contribution in [0.5, 0.6) is 0 Å². The standard InChI is InChI=1S/C32H37F3N6O2/c33-32(34,35)26-8-14-36-28(18-26)40-15-1-3-25(21-40)30(42)41-16-9-23(20-41)17-22-6-10-31(43,11-7-22)27-5-4-24(19-39-27)29-37-12-2-13-38-29/h2,4-5,8,12-14,18-19,22-23,25,43H,1,3,6-7,9-11,15-17,20-21H2. The van der Waals surface area contributed by atoms with Crippen molar-refractivity contribution < 1.29 is 23.1 Å². The number of aromatic nitrogens is 4. The number of carbonyl (C=O) groups excluding carboxylic acids is 1. The second-order valence-electron chi connectivity index (χ2n) is 12.3. The number of anilines is 1. The summed E-state index contributed by atoms with van der Waals surface area (Å²) in [6.07, 6.45) is 8.48. The van der Waals surface area contributed by atoms with Gasteiger partial charge in [-0.05, 0) is 93.5 Å². The van der Waals surface area contributed by atoms with Crippen molar-refractivity contribution >= 4 is 11.7 Å². The zero-order valence-corrected chi connectivity index (χ0v) is 24.1. The molecular formula is C32H37F3N6O2. The summed E-state index contributed by atoms with van der Waals surface area (Å²) in [4.78, 5) is 34.5. The highest BCUT2D eigenvalue weighted by Gasteiger charge is 2.39. The first-order chi connectivity index (χ1) is 20.7. The molecule has 1 amide bonds. The fourth-order valence-electron chi connectivity index (χ4n) is 7.01. The molecule has 2 saturated heterocycles. The van der Waals surface area contributed by atoms with Crippen LogP contribution in [0, 0.1) is 17.8 Å². The van der Waals surface area contributed by atoms with Crippen molar-refractivity contribution in [3.8, 4) is 11.4 Å². The maximum absolute atomic E-state index is 13.4. The fraction of sp³-hybridized carbons (Fsp3) is 0.531. The van der Waals surface area contributed by atoms with Crippen molar-refractivity contribution in [3.05, 3.63) is 66.4 Å². The monoisotopic (exact) mass is 594 g/mol. The molecule has 3 aromatic rings. The molecule has 5 heterocycles. The summed E-state index contributed by atoms with van der Waals surface area (Å²) in [5, 5.41) is 11.4. The van der Waals surface area contributed by atoms with E-state index in [1.54, 1.807) is 24.7 Å². The van der Waals surface area contributed by atoms with Crippen LogP contribution >= 0.6 is 0 Å². The lowest BCUT2D eigenvalue weighted by Crippen LogP contribution is -2.44. The number of pyridine rings is 2. The first-order valence-electron chi connectivity index (χ1n) is 15.2. The van der Waals surface area contributed by atoms with Crippen LogP contribution in [0.15, 0.2) is 55.1 Å². The Morgan fingerprint density at radius 2 is 1.72 bits per heavy atom. The summed E-state index contributed by atoms with van der Waals surface area (Å²) in [6, 6.07) is 7.61. The highest BCUT2D eigenvalue weighted by atomic mass is 19.4. The molecular weight excluding hydrogens is 557 g/mol. The van der Waals surface area contributed by atoms with Gasteiger partial charge in [-0.1, -0.05) is 0 Å².